The van der Waals surface area contributed by atoms with E-state index in [2.05, 4.69) is 54.6 Å². The maximum atomic E-state index is 6.15. The van der Waals surface area contributed by atoms with E-state index in [1.165, 1.54) is 29.5 Å². The fourth-order valence-corrected chi connectivity index (χ4v) is 2.59. The molecule has 98 valence electrons. The lowest BCUT2D eigenvalue weighted by Crippen LogP contribution is -2.22. The molecule has 3 rings (SSSR count). The van der Waals surface area contributed by atoms with E-state index in [0.29, 0.717) is 6.04 Å². The lowest BCUT2D eigenvalue weighted by atomic mass is 9.99. The largest absolute Gasteiger partial charge is 0.327 e. The molecule has 19 heavy (non-hydrogen) atoms. The van der Waals surface area contributed by atoms with Gasteiger partial charge in [-0.3, -0.25) is 0 Å². The molecule has 0 amide bonds. The summed E-state index contributed by atoms with van der Waals surface area (Å²) in [5, 5.41) is 0. The number of hydrogen-bond acceptors (Lipinski definition) is 1. The monoisotopic (exact) mass is 251 g/mol. The van der Waals surface area contributed by atoms with Gasteiger partial charge in [0.2, 0.25) is 0 Å². The van der Waals surface area contributed by atoms with Gasteiger partial charge in [-0.15, -0.1) is 0 Å². The molecule has 0 aliphatic heterocycles. The third-order valence-corrected chi connectivity index (χ3v) is 4.05. The zero-order valence-corrected chi connectivity index (χ0v) is 11.3. The standard InChI is InChI=1S/C18H21N/c19-18(17-11-12-17)13-8-14-6-9-16(10-7-14)15-4-2-1-3-5-15/h1-7,9-10,17-18H,8,11-13,19H2. The van der Waals surface area contributed by atoms with Crippen LogP contribution in [-0.4, -0.2) is 6.04 Å². The normalized spacial score (nSPS) is 16.3. The molecule has 0 aromatic heterocycles. The van der Waals surface area contributed by atoms with E-state index in [-0.39, 0.29) is 0 Å². The number of hydrogen-bond donors (Lipinski definition) is 1. The number of nitrogens with two attached hydrogens (primary N) is 1. The zero-order chi connectivity index (χ0) is 13.1. The van der Waals surface area contributed by atoms with Gasteiger partial charge >= 0.3 is 0 Å². The van der Waals surface area contributed by atoms with E-state index in [9.17, 15) is 0 Å². The van der Waals surface area contributed by atoms with Crippen LogP contribution >= 0.6 is 0 Å². The molecule has 1 aliphatic rings. The first-order chi connectivity index (χ1) is 9.33. The molecule has 0 bridgehead atoms. The van der Waals surface area contributed by atoms with Crippen molar-refractivity contribution in [3.63, 3.8) is 0 Å². The smallest absolute Gasteiger partial charge is 0.00703 e. The summed E-state index contributed by atoms with van der Waals surface area (Å²) in [6.07, 6.45) is 4.91. The van der Waals surface area contributed by atoms with Gasteiger partial charge in [0, 0.05) is 6.04 Å². The summed E-state index contributed by atoms with van der Waals surface area (Å²) in [5.74, 6) is 0.809. The zero-order valence-electron chi connectivity index (χ0n) is 11.3. The van der Waals surface area contributed by atoms with Crippen molar-refractivity contribution >= 4 is 0 Å². The molecule has 1 saturated carbocycles. The summed E-state index contributed by atoms with van der Waals surface area (Å²) in [7, 11) is 0. The minimum Gasteiger partial charge on any atom is -0.327 e. The predicted molar refractivity (Wildman–Crippen MR) is 80.9 cm³/mol. The maximum absolute atomic E-state index is 6.15. The summed E-state index contributed by atoms with van der Waals surface area (Å²) in [4.78, 5) is 0. The fraction of sp³-hybridized carbons (Fsp3) is 0.333. The first kappa shape index (κ1) is 12.4. The third kappa shape index (κ3) is 3.24. The average molecular weight is 251 g/mol. The second-order valence-corrected chi connectivity index (χ2v) is 5.60. The van der Waals surface area contributed by atoms with Gasteiger partial charge in [-0.1, -0.05) is 54.6 Å². The molecule has 0 saturated heterocycles. The predicted octanol–water partition coefficient (Wildman–Crippen LogP) is 4.02. The lowest BCUT2D eigenvalue weighted by molar-refractivity contribution is 0.550. The molecule has 1 fully saturated rings. The summed E-state index contributed by atoms with van der Waals surface area (Å²) in [6.45, 7) is 0. The van der Waals surface area contributed by atoms with E-state index < -0.39 is 0 Å². The second-order valence-electron chi connectivity index (χ2n) is 5.60. The Balaban J connectivity index is 1.62. The van der Waals surface area contributed by atoms with Gasteiger partial charge in [0.1, 0.15) is 0 Å². The summed E-state index contributed by atoms with van der Waals surface area (Å²) in [6, 6.07) is 19.8. The van der Waals surface area contributed by atoms with Gasteiger partial charge in [-0.2, -0.15) is 0 Å². The minimum atomic E-state index is 0.411. The van der Waals surface area contributed by atoms with Crippen LogP contribution in [0, 0.1) is 5.92 Å². The van der Waals surface area contributed by atoms with Crippen LogP contribution in [0.15, 0.2) is 54.6 Å². The Morgan fingerprint density at radius 2 is 1.53 bits per heavy atom. The van der Waals surface area contributed by atoms with Crippen molar-refractivity contribution in [1.29, 1.82) is 0 Å². The molecule has 2 N–H and O–H groups in total. The number of benzene rings is 2. The summed E-state index contributed by atoms with van der Waals surface area (Å²) in [5.41, 5.74) is 10.1. The molecular formula is C18H21N. The Hall–Kier alpha value is -1.60. The Morgan fingerprint density at radius 3 is 2.16 bits per heavy atom. The van der Waals surface area contributed by atoms with Crippen molar-refractivity contribution in [2.45, 2.75) is 31.7 Å². The molecule has 2 aromatic carbocycles. The van der Waals surface area contributed by atoms with Crippen molar-refractivity contribution in [3.8, 4) is 11.1 Å². The first-order valence-electron chi connectivity index (χ1n) is 7.23. The SMILES string of the molecule is NC(CCc1ccc(-c2ccccc2)cc1)C1CC1. The topological polar surface area (TPSA) is 26.0 Å². The quantitative estimate of drug-likeness (QED) is 0.853. The Kier molecular flexibility index (Phi) is 3.65. The van der Waals surface area contributed by atoms with E-state index in [1.54, 1.807) is 0 Å². The molecule has 1 unspecified atom stereocenters. The van der Waals surface area contributed by atoms with Crippen LogP contribution in [0.1, 0.15) is 24.8 Å². The lowest BCUT2D eigenvalue weighted by Gasteiger charge is -2.10. The molecule has 0 spiro atoms. The Bertz CT molecular complexity index is 511. The van der Waals surface area contributed by atoms with Crippen LogP contribution in [0.25, 0.3) is 11.1 Å². The maximum Gasteiger partial charge on any atom is 0.00703 e. The molecule has 1 atom stereocenters. The van der Waals surface area contributed by atoms with Gasteiger partial charge < -0.3 is 5.73 Å². The summed E-state index contributed by atoms with van der Waals surface area (Å²) >= 11 is 0. The Labute approximate surface area is 115 Å². The minimum absolute atomic E-state index is 0.411. The molecule has 0 heterocycles. The van der Waals surface area contributed by atoms with Crippen LogP contribution in [0.2, 0.25) is 0 Å². The van der Waals surface area contributed by atoms with Gasteiger partial charge in [-0.25, -0.2) is 0 Å². The van der Waals surface area contributed by atoms with Gasteiger partial charge in [0.25, 0.3) is 0 Å². The molecule has 1 aliphatic carbocycles. The van der Waals surface area contributed by atoms with Crippen molar-refractivity contribution in [1.82, 2.24) is 0 Å². The molecule has 1 nitrogen and oxygen atoms in total. The Morgan fingerprint density at radius 1 is 0.895 bits per heavy atom. The van der Waals surface area contributed by atoms with Gasteiger partial charge in [-0.05, 0) is 48.3 Å². The van der Waals surface area contributed by atoms with Gasteiger partial charge in [0.05, 0.1) is 0 Å². The molecule has 2 aromatic rings. The highest BCUT2D eigenvalue weighted by atomic mass is 14.7. The highest BCUT2D eigenvalue weighted by Crippen LogP contribution is 2.33. The second kappa shape index (κ2) is 5.58. The summed E-state index contributed by atoms with van der Waals surface area (Å²) < 4.78 is 0. The van der Waals surface area contributed by atoms with Crippen LogP contribution in [0.5, 0.6) is 0 Å². The highest BCUT2D eigenvalue weighted by molar-refractivity contribution is 5.63. The molecule has 1 heteroatoms. The molecule has 0 radical (unpaired) electrons. The van der Waals surface area contributed by atoms with E-state index in [4.69, 9.17) is 5.73 Å². The van der Waals surface area contributed by atoms with Crippen molar-refractivity contribution in [2.24, 2.45) is 11.7 Å². The van der Waals surface area contributed by atoms with Crippen molar-refractivity contribution < 1.29 is 0 Å². The van der Waals surface area contributed by atoms with E-state index >= 15 is 0 Å². The van der Waals surface area contributed by atoms with Crippen molar-refractivity contribution in [3.05, 3.63) is 60.2 Å². The molecular weight excluding hydrogens is 230 g/mol. The highest BCUT2D eigenvalue weighted by Gasteiger charge is 2.27. The van der Waals surface area contributed by atoms with Crippen molar-refractivity contribution in [2.75, 3.05) is 0 Å². The fourth-order valence-electron chi connectivity index (χ4n) is 2.59. The first-order valence-corrected chi connectivity index (χ1v) is 7.23. The average Bonchev–Trinajstić information content (AvgIpc) is 3.31. The van der Waals surface area contributed by atoms with Crippen LogP contribution in [0.4, 0.5) is 0 Å². The van der Waals surface area contributed by atoms with Crippen LogP contribution < -0.4 is 5.73 Å². The van der Waals surface area contributed by atoms with E-state index in [0.717, 1.165) is 18.8 Å². The third-order valence-electron chi connectivity index (χ3n) is 4.05. The van der Waals surface area contributed by atoms with Gasteiger partial charge in [0.15, 0.2) is 0 Å². The number of aryl methyl sites for hydroxylation is 1. The van der Waals surface area contributed by atoms with E-state index in [1.807, 2.05) is 0 Å². The van der Waals surface area contributed by atoms with Crippen LogP contribution in [0.3, 0.4) is 0 Å². The number of rotatable bonds is 5. The van der Waals surface area contributed by atoms with Crippen LogP contribution in [-0.2, 0) is 6.42 Å².